The Morgan fingerprint density at radius 3 is 2.73 bits per heavy atom. The molecule has 0 fully saturated rings. The molecular weight excluding hydrogens is 585 g/mol. The molecule has 0 saturated carbocycles. The van der Waals surface area contributed by atoms with Crippen LogP contribution in [0.15, 0.2) is 72.9 Å². The summed E-state index contributed by atoms with van der Waals surface area (Å²) in [6, 6.07) is 16.2. The molecule has 0 spiro atoms. The molecule has 0 aliphatic rings. The Morgan fingerprint density at radius 2 is 1.95 bits per heavy atom. The van der Waals surface area contributed by atoms with Gasteiger partial charge in [0.15, 0.2) is 0 Å². The fourth-order valence-corrected chi connectivity index (χ4v) is 4.65. The van der Waals surface area contributed by atoms with Crippen molar-refractivity contribution in [1.29, 1.82) is 5.26 Å². The number of aliphatic hydroxyl groups excluding tert-OH is 1. The van der Waals surface area contributed by atoms with Gasteiger partial charge in [-0.05, 0) is 61.3 Å². The number of phenols is 1. The molecule has 0 bridgehead atoms. The molecule has 228 valence electrons. The second-order valence-corrected chi connectivity index (χ2v) is 10.4. The number of benzene rings is 3. The Hall–Kier alpha value is -4.69. The first-order chi connectivity index (χ1) is 21.4. The highest BCUT2D eigenvalue weighted by Crippen LogP contribution is 2.37. The van der Waals surface area contributed by atoms with Gasteiger partial charge in [-0.1, -0.05) is 42.7 Å². The van der Waals surface area contributed by atoms with Crippen LogP contribution in [0.4, 0.5) is 21.5 Å². The van der Waals surface area contributed by atoms with Crippen LogP contribution in [0.2, 0.25) is 5.02 Å². The number of ether oxygens (including phenoxy) is 1. The third-order valence-electron chi connectivity index (χ3n) is 6.64. The van der Waals surface area contributed by atoms with Crippen molar-refractivity contribution < 1.29 is 24.1 Å². The molecule has 0 saturated heterocycles. The molecule has 5 N–H and O–H groups in total. The van der Waals surface area contributed by atoms with E-state index in [1.54, 1.807) is 42.5 Å². The SMILES string of the molecule is N#Cc1cnc2cc(O)c(NC(=O)/C=C/CNCCCCCCO)cc2c1Nc1ccc(OCc2cccc(F)c2)c(Cl)c1. The van der Waals surface area contributed by atoms with Crippen molar-refractivity contribution in [3.63, 3.8) is 0 Å². The van der Waals surface area contributed by atoms with Crippen LogP contribution in [0.3, 0.4) is 0 Å². The fourth-order valence-electron chi connectivity index (χ4n) is 4.42. The van der Waals surface area contributed by atoms with Gasteiger partial charge in [-0.15, -0.1) is 0 Å². The number of amides is 1. The first-order valence-corrected chi connectivity index (χ1v) is 14.5. The largest absolute Gasteiger partial charge is 0.506 e. The topological polar surface area (TPSA) is 140 Å². The first kappa shape index (κ1) is 32.2. The minimum atomic E-state index is -0.427. The van der Waals surface area contributed by atoms with Crippen molar-refractivity contribution in [3.8, 4) is 17.6 Å². The van der Waals surface area contributed by atoms with E-state index in [2.05, 4.69) is 27.0 Å². The summed E-state index contributed by atoms with van der Waals surface area (Å²) in [5.74, 6) is -0.555. The number of hydrogen-bond acceptors (Lipinski definition) is 8. The molecule has 11 heteroatoms. The highest BCUT2D eigenvalue weighted by atomic mass is 35.5. The number of unbranched alkanes of at least 4 members (excludes halogenated alkanes) is 3. The van der Waals surface area contributed by atoms with E-state index < -0.39 is 5.91 Å². The van der Waals surface area contributed by atoms with Crippen molar-refractivity contribution in [2.24, 2.45) is 0 Å². The molecule has 0 unspecified atom stereocenters. The lowest BCUT2D eigenvalue weighted by atomic mass is 10.1. The van der Waals surface area contributed by atoms with Gasteiger partial charge in [-0.25, -0.2) is 4.39 Å². The predicted octanol–water partition coefficient (Wildman–Crippen LogP) is 6.56. The van der Waals surface area contributed by atoms with Gasteiger partial charge in [-0.3, -0.25) is 9.78 Å². The second kappa shape index (κ2) is 16.2. The summed E-state index contributed by atoms with van der Waals surface area (Å²) in [6.07, 6.45) is 8.28. The van der Waals surface area contributed by atoms with Crippen LogP contribution < -0.4 is 20.7 Å². The summed E-state index contributed by atoms with van der Waals surface area (Å²) >= 11 is 6.47. The quantitative estimate of drug-likeness (QED) is 0.0574. The number of fused-ring (bicyclic) bond motifs is 1. The van der Waals surface area contributed by atoms with Crippen molar-refractivity contribution >= 4 is 45.5 Å². The highest BCUT2D eigenvalue weighted by molar-refractivity contribution is 6.32. The van der Waals surface area contributed by atoms with Crippen LogP contribution in [-0.4, -0.2) is 40.8 Å². The fraction of sp³-hybridized carbons (Fsp3) is 0.242. The molecule has 1 amide bonds. The number of aromatic nitrogens is 1. The van der Waals surface area contributed by atoms with Gasteiger partial charge in [-0.2, -0.15) is 5.26 Å². The average molecular weight is 618 g/mol. The highest BCUT2D eigenvalue weighted by Gasteiger charge is 2.15. The lowest BCUT2D eigenvalue weighted by Crippen LogP contribution is -2.16. The number of nitriles is 1. The van der Waals surface area contributed by atoms with Crippen molar-refractivity contribution in [1.82, 2.24) is 10.3 Å². The van der Waals surface area contributed by atoms with Gasteiger partial charge in [0.25, 0.3) is 0 Å². The van der Waals surface area contributed by atoms with Crippen molar-refractivity contribution in [2.75, 3.05) is 30.3 Å². The number of anilines is 3. The number of nitrogens with one attached hydrogen (secondary N) is 3. The number of nitrogens with zero attached hydrogens (tertiary/aromatic N) is 2. The van der Waals surface area contributed by atoms with Crippen LogP contribution in [0, 0.1) is 17.1 Å². The monoisotopic (exact) mass is 617 g/mol. The van der Waals surface area contributed by atoms with Gasteiger partial charge < -0.3 is 30.9 Å². The number of carbonyl (C=O) groups is 1. The molecule has 0 atom stereocenters. The molecule has 1 aromatic heterocycles. The molecule has 3 aromatic carbocycles. The number of carbonyl (C=O) groups excluding carboxylic acids is 1. The van der Waals surface area contributed by atoms with E-state index >= 15 is 0 Å². The molecule has 9 nitrogen and oxygen atoms in total. The van der Waals surface area contributed by atoms with Gasteiger partial charge in [0.1, 0.15) is 30.0 Å². The van der Waals surface area contributed by atoms with E-state index in [1.807, 2.05) is 0 Å². The number of rotatable bonds is 15. The molecule has 0 aliphatic carbocycles. The number of pyridine rings is 1. The molecule has 0 aliphatic heterocycles. The summed E-state index contributed by atoms with van der Waals surface area (Å²) in [5, 5.41) is 39.1. The summed E-state index contributed by atoms with van der Waals surface area (Å²) < 4.78 is 19.2. The van der Waals surface area contributed by atoms with Gasteiger partial charge >= 0.3 is 0 Å². The first-order valence-electron chi connectivity index (χ1n) is 14.2. The van der Waals surface area contributed by atoms with Crippen molar-refractivity contribution in [3.05, 3.63) is 94.9 Å². The Kier molecular flexibility index (Phi) is 11.9. The van der Waals surface area contributed by atoms with E-state index in [9.17, 15) is 19.6 Å². The molecule has 0 radical (unpaired) electrons. The summed E-state index contributed by atoms with van der Waals surface area (Å²) in [5.41, 5.74) is 2.43. The van der Waals surface area contributed by atoms with E-state index in [4.69, 9.17) is 21.4 Å². The Morgan fingerprint density at radius 1 is 1.11 bits per heavy atom. The minimum Gasteiger partial charge on any atom is -0.506 e. The standard InChI is InChI=1S/C33H33ClFN5O4/c34-27-16-25(10-11-31(27)44-21-22-7-5-8-24(35)15-22)39-33-23(19-36)20-38-28-18-30(42)29(17-26(28)33)40-32(43)9-6-13-37-12-3-1-2-4-14-41/h5-11,15-18,20,37,41-42H,1-4,12-14,21H2,(H,38,39)(H,40,43)/b9-6+. The van der Waals surface area contributed by atoms with Crippen LogP contribution in [-0.2, 0) is 11.4 Å². The second-order valence-electron chi connectivity index (χ2n) is 9.97. The molecule has 4 aromatic rings. The number of aromatic hydroxyl groups is 1. The summed E-state index contributed by atoms with van der Waals surface area (Å²) in [7, 11) is 0. The van der Waals surface area contributed by atoms with E-state index in [0.29, 0.717) is 45.2 Å². The maximum absolute atomic E-state index is 13.5. The van der Waals surface area contributed by atoms with Gasteiger partial charge in [0.2, 0.25) is 5.91 Å². The lowest BCUT2D eigenvalue weighted by molar-refractivity contribution is -0.111. The normalized spacial score (nSPS) is 11.0. The Labute approximate surface area is 260 Å². The number of phenolic OH excluding ortho intramolecular Hbond substituents is 1. The predicted molar refractivity (Wildman–Crippen MR) is 170 cm³/mol. The van der Waals surface area contributed by atoms with E-state index in [1.165, 1.54) is 30.5 Å². The lowest BCUT2D eigenvalue weighted by Gasteiger charge is -2.15. The number of hydrogen-bond donors (Lipinski definition) is 5. The zero-order chi connectivity index (χ0) is 31.3. The van der Waals surface area contributed by atoms with Crippen LogP contribution >= 0.6 is 11.6 Å². The van der Waals surface area contributed by atoms with Gasteiger partial charge in [0, 0.05) is 42.6 Å². The van der Waals surface area contributed by atoms with Crippen molar-refractivity contribution in [2.45, 2.75) is 32.3 Å². The van der Waals surface area contributed by atoms with E-state index in [0.717, 1.165) is 32.2 Å². The minimum absolute atomic E-state index is 0.133. The Bertz CT molecular complexity index is 1670. The smallest absolute Gasteiger partial charge is 0.248 e. The maximum atomic E-state index is 13.5. The molecule has 1 heterocycles. The average Bonchev–Trinajstić information content (AvgIpc) is 3.00. The third kappa shape index (κ3) is 9.15. The van der Waals surface area contributed by atoms with E-state index in [-0.39, 0.29) is 36.0 Å². The van der Waals surface area contributed by atoms with Gasteiger partial charge in [0.05, 0.1) is 27.5 Å². The molecular formula is C33H33ClFN5O4. The zero-order valence-electron chi connectivity index (χ0n) is 23.9. The Balaban J connectivity index is 1.45. The van der Waals surface area contributed by atoms with Crippen LogP contribution in [0.5, 0.6) is 11.5 Å². The third-order valence-corrected chi connectivity index (χ3v) is 6.94. The number of halogens is 2. The summed E-state index contributed by atoms with van der Waals surface area (Å²) in [6.45, 7) is 1.67. The molecule has 44 heavy (non-hydrogen) atoms. The van der Waals surface area contributed by atoms with Crippen LogP contribution in [0.25, 0.3) is 10.9 Å². The maximum Gasteiger partial charge on any atom is 0.248 e. The molecule has 4 rings (SSSR count). The summed E-state index contributed by atoms with van der Waals surface area (Å²) in [4.78, 5) is 16.8. The zero-order valence-corrected chi connectivity index (χ0v) is 24.7. The van der Waals surface area contributed by atoms with Crippen LogP contribution in [0.1, 0.15) is 36.8 Å². The number of aliphatic hydroxyl groups is 1.